The Kier molecular flexibility index (Phi) is 6.85. The highest BCUT2D eigenvalue weighted by Crippen LogP contribution is 2.38. The lowest BCUT2D eigenvalue weighted by molar-refractivity contribution is -0.0820. The lowest BCUT2D eigenvalue weighted by Gasteiger charge is -2.20. The molecule has 3 unspecified atom stereocenters. The van der Waals surface area contributed by atoms with Gasteiger partial charge in [0.1, 0.15) is 0 Å². The molecule has 3 aliphatic rings. The lowest BCUT2D eigenvalue weighted by atomic mass is 9.84. The molecule has 2 aromatic carbocycles. The zero-order valence-electron chi connectivity index (χ0n) is 18.4. The van der Waals surface area contributed by atoms with Crippen molar-refractivity contribution in [2.45, 2.75) is 26.1 Å². The summed E-state index contributed by atoms with van der Waals surface area (Å²) in [5, 5.41) is 10.3. The van der Waals surface area contributed by atoms with Crippen LogP contribution in [0.1, 0.15) is 18.1 Å². The Morgan fingerprint density at radius 3 is 1.90 bits per heavy atom. The van der Waals surface area contributed by atoms with Crippen molar-refractivity contribution in [2.24, 2.45) is 11.8 Å². The van der Waals surface area contributed by atoms with Gasteiger partial charge in [-0.15, -0.1) is 0 Å². The van der Waals surface area contributed by atoms with Crippen LogP contribution in [0.5, 0.6) is 23.0 Å². The van der Waals surface area contributed by atoms with E-state index in [0.717, 1.165) is 53.5 Å². The van der Waals surface area contributed by atoms with E-state index in [-0.39, 0.29) is 25.4 Å². The van der Waals surface area contributed by atoms with Crippen molar-refractivity contribution < 1.29 is 28.8 Å². The van der Waals surface area contributed by atoms with Crippen molar-refractivity contribution in [3.63, 3.8) is 0 Å². The van der Waals surface area contributed by atoms with E-state index in [9.17, 15) is 5.11 Å². The van der Waals surface area contributed by atoms with Crippen LogP contribution in [0.3, 0.4) is 0 Å². The molecule has 7 heteroatoms. The summed E-state index contributed by atoms with van der Waals surface area (Å²) in [4.78, 5) is 2.12. The largest absolute Gasteiger partial charge is 0.454 e. The summed E-state index contributed by atoms with van der Waals surface area (Å²) in [5.74, 6) is 3.37. The van der Waals surface area contributed by atoms with Crippen LogP contribution < -0.4 is 18.9 Å². The fraction of sp³-hybridized carbons (Fsp3) is 0.500. The number of hydrogen-bond donors (Lipinski definition) is 1. The van der Waals surface area contributed by atoms with Gasteiger partial charge in [-0.25, -0.2) is 0 Å². The SMILES string of the molecule is CCN(C)C.OC1OCC(Cc2ccc3c(c2)OCO3)C1Cc1ccc2c(c1)OCO2. The molecule has 0 radical (unpaired) electrons. The van der Waals surface area contributed by atoms with Crippen molar-refractivity contribution in [2.75, 3.05) is 40.8 Å². The number of nitrogens with zero attached hydrogens (tertiary/aromatic N) is 1. The first-order valence-corrected chi connectivity index (χ1v) is 10.7. The Morgan fingerprint density at radius 2 is 1.35 bits per heavy atom. The molecule has 0 amide bonds. The second kappa shape index (κ2) is 9.77. The van der Waals surface area contributed by atoms with Gasteiger partial charge in [0.15, 0.2) is 29.3 Å². The minimum absolute atomic E-state index is 0.0285. The first-order valence-electron chi connectivity index (χ1n) is 10.7. The van der Waals surface area contributed by atoms with Crippen molar-refractivity contribution in [3.05, 3.63) is 47.5 Å². The molecule has 0 spiro atoms. The van der Waals surface area contributed by atoms with E-state index in [0.29, 0.717) is 6.61 Å². The van der Waals surface area contributed by atoms with Crippen LogP contribution in [0.2, 0.25) is 0 Å². The van der Waals surface area contributed by atoms with E-state index < -0.39 is 6.29 Å². The van der Waals surface area contributed by atoms with Crippen LogP contribution in [0.15, 0.2) is 36.4 Å². The highest BCUT2D eigenvalue weighted by molar-refractivity contribution is 5.45. The zero-order chi connectivity index (χ0) is 21.8. The van der Waals surface area contributed by atoms with Crippen molar-refractivity contribution in [1.29, 1.82) is 0 Å². The summed E-state index contributed by atoms with van der Waals surface area (Å²) in [6, 6.07) is 11.9. The Labute approximate surface area is 183 Å². The predicted octanol–water partition coefficient (Wildman–Crippen LogP) is 3.08. The van der Waals surface area contributed by atoms with E-state index >= 15 is 0 Å². The monoisotopic (exact) mass is 429 g/mol. The molecule has 1 N–H and O–H groups in total. The highest BCUT2D eigenvalue weighted by atomic mass is 16.7. The van der Waals surface area contributed by atoms with Gasteiger partial charge in [-0.05, 0) is 74.8 Å². The molecule has 1 saturated heterocycles. The van der Waals surface area contributed by atoms with E-state index in [2.05, 4.69) is 32.0 Å². The van der Waals surface area contributed by atoms with Gasteiger partial charge in [-0.3, -0.25) is 0 Å². The fourth-order valence-electron chi connectivity index (χ4n) is 3.89. The molecular weight excluding hydrogens is 398 g/mol. The highest BCUT2D eigenvalue weighted by Gasteiger charge is 2.36. The van der Waals surface area contributed by atoms with Crippen molar-refractivity contribution in [1.82, 2.24) is 4.90 Å². The van der Waals surface area contributed by atoms with Gasteiger partial charge in [0.25, 0.3) is 0 Å². The second-order valence-corrected chi connectivity index (χ2v) is 8.33. The topological polar surface area (TPSA) is 69.6 Å². The Balaban J connectivity index is 0.000000418. The molecule has 0 bridgehead atoms. The number of benzene rings is 2. The van der Waals surface area contributed by atoms with Crippen LogP contribution in [-0.2, 0) is 17.6 Å². The maximum absolute atomic E-state index is 10.3. The van der Waals surface area contributed by atoms with Gasteiger partial charge in [-0.2, -0.15) is 0 Å². The van der Waals surface area contributed by atoms with Crippen molar-refractivity contribution in [3.8, 4) is 23.0 Å². The number of aliphatic hydroxyl groups is 1. The number of hydrogen-bond acceptors (Lipinski definition) is 7. The summed E-state index contributed by atoms with van der Waals surface area (Å²) in [5.41, 5.74) is 2.27. The van der Waals surface area contributed by atoms with Gasteiger partial charge in [0.2, 0.25) is 13.6 Å². The molecule has 7 nitrogen and oxygen atoms in total. The third-order valence-corrected chi connectivity index (χ3v) is 5.93. The number of aliphatic hydroxyl groups excluding tert-OH is 1. The molecule has 2 aromatic rings. The van der Waals surface area contributed by atoms with Crippen molar-refractivity contribution >= 4 is 0 Å². The van der Waals surface area contributed by atoms with Gasteiger partial charge >= 0.3 is 0 Å². The van der Waals surface area contributed by atoms with E-state index in [1.807, 2.05) is 30.3 Å². The average Bonchev–Trinajstić information content (AvgIpc) is 3.50. The lowest BCUT2D eigenvalue weighted by Crippen LogP contribution is -2.24. The smallest absolute Gasteiger partial charge is 0.231 e. The Hall–Kier alpha value is -2.48. The minimum atomic E-state index is -0.751. The summed E-state index contributed by atoms with van der Waals surface area (Å²) >= 11 is 0. The zero-order valence-corrected chi connectivity index (χ0v) is 18.4. The third-order valence-electron chi connectivity index (χ3n) is 5.93. The molecule has 168 valence electrons. The molecule has 31 heavy (non-hydrogen) atoms. The first-order chi connectivity index (χ1) is 15.0. The first kappa shape index (κ1) is 21.7. The molecule has 3 aliphatic heterocycles. The maximum atomic E-state index is 10.3. The van der Waals surface area contributed by atoms with E-state index in [4.69, 9.17) is 23.7 Å². The van der Waals surface area contributed by atoms with Gasteiger partial charge in [0.05, 0.1) is 6.61 Å². The minimum Gasteiger partial charge on any atom is -0.454 e. The molecule has 3 heterocycles. The normalized spacial score (nSPS) is 23.1. The average molecular weight is 430 g/mol. The van der Waals surface area contributed by atoms with E-state index in [1.165, 1.54) is 0 Å². The Morgan fingerprint density at radius 1 is 0.839 bits per heavy atom. The molecule has 1 fully saturated rings. The summed E-state index contributed by atoms with van der Waals surface area (Å²) in [7, 11) is 4.11. The number of ether oxygens (including phenoxy) is 5. The molecule has 0 aliphatic carbocycles. The van der Waals surface area contributed by atoms with Crippen LogP contribution in [0.25, 0.3) is 0 Å². The molecule has 0 saturated carbocycles. The van der Waals surface area contributed by atoms with E-state index in [1.54, 1.807) is 0 Å². The molecular formula is C24H31NO6. The quantitative estimate of drug-likeness (QED) is 0.783. The maximum Gasteiger partial charge on any atom is 0.231 e. The standard InChI is InChI=1S/C20H20O6.C4H11N/c21-20-15(6-13-2-4-17-19(8-13)26-11-24-17)14(9-22-20)5-12-1-3-16-18(7-12)25-10-23-16;1-4-5(2)3/h1-4,7-8,14-15,20-21H,5-6,9-11H2;4H2,1-3H3. The van der Waals surface area contributed by atoms with Crippen LogP contribution >= 0.6 is 0 Å². The summed E-state index contributed by atoms with van der Waals surface area (Å²) in [6.07, 6.45) is 0.801. The summed E-state index contributed by atoms with van der Waals surface area (Å²) < 4.78 is 27.2. The van der Waals surface area contributed by atoms with Crippen LogP contribution in [0.4, 0.5) is 0 Å². The fourth-order valence-corrected chi connectivity index (χ4v) is 3.89. The van der Waals surface area contributed by atoms with Gasteiger partial charge in [-0.1, -0.05) is 19.1 Å². The molecule has 3 atom stereocenters. The molecule has 0 aromatic heterocycles. The van der Waals surface area contributed by atoms with Crippen LogP contribution in [0, 0.1) is 11.8 Å². The summed E-state index contributed by atoms with van der Waals surface area (Å²) in [6.45, 7) is 4.35. The van der Waals surface area contributed by atoms with Gasteiger partial charge < -0.3 is 33.7 Å². The van der Waals surface area contributed by atoms with Crippen LogP contribution in [-0.4, -0.2) is 57.1 Å². The predicted molar refractivity (Wildman–Crippen MR) is 116 cm³/mol. The second-order valence-electron chi connectivity index (χ2n) is 8.33. The number of fused-ring (bicyclic) bond motifs is 2. The Bertz CT molecular complexity index is 886. The third kappa shape index (κ3) is 5.23. The molecule has 5 rings (SSSR count). The number of rotatable bonds is 5. The van der Waals surface area contributed by atoms with Gasteiger partial charge in [0, 0.05) is 5.92 Å².